The van der Waals surface area contributed by atoms with E-state index in [1.807, 2.05) is 0 Å². The molecule has 31 heavy (non-hydrogen) atoms. The van der Waals surface area contributed by atoms with E-state index in [1.165, 1.54) is 16.6 Å². The zero-order valence-corrected chi connectivity index (χ0v) is 16.1. The van der Waals surface area contributed by atoms with Gasteiger partial charge in [-0.25, -0.2) is 13.2 Å². The van der Waals surface area contributed by atoms with Gasteiger partial charge in [0.1, 0.15) is 23.3 Å². The fraction of sp³-hybridized carbons (Fsp3) is 0.143. The first-order chi connectivity index (χ1) is 15.0. The van der Waals surface area contributed by atoms with E-state index in [1.54, 1.807) is 24.3 Å². The van der Waals surface area contributed by atoms with Gasteiger partial charge >= 0.3 is 0 Å². The van der Waals surface area contributed by atoms with Crippen LogP contribution in [0.5, 0.6) is 0 Å². The van der Waals surface area contributed by atoms with Gasteiger partial charge in [-0.2, -0.15) is 4.52 Å². The van der Waals surface area contributed by atoms with E-state index in [-0.39, 0.29) is 24.3 Å². The summed E-state index contributed by atoms with van der Waals surface area (Å²) in [6.45, 7) is 0.446. The van der Waals surface area contributed by atoms with Crippen LogP contribution in [0.25, 0.3) is 5.65 Å². The second-order valence-corrected chi connectivity index (χ2v) is 6.76. The van der Waals surface area contributed by atoms with Gasteiger partial charge in [-0.3, -0.25) is 4.79 Å². The minimum Gasteiger partial charge on any atom is -0.365 e. The summed E-state index contributed by atoms with van der Waals surface area (Å²) in [6.07, 6.45) is 0.219. The Kier molecular flexibility index (Phi) is 5.78. The molecule has 0 aliphatic rings. The molecule has 4 rings (SSSR count). The van der Waals surface area contributed by atoms with Crippen LogP contribution in [0.3, 0.4) is 0 Å². The van der Waals surface area contributed by atoms with Gasteiger partial charge in [-0.1, -0.05) is 12.1 Å². The quantitative estimate of drug-likeness (QED) is 0.471. The van der Waals surface area contributed by atoms with Crippen LogP contribution in [0.15, 0.2) is 54.6 Å². The van der Waals surface area contributed by atoms with Crippen molar-refractivity contribution < 1.29 is 18.0 Å². The van der Waals surface area contributed by atoms with E-state index in [2.05, 4.69) is 25.9 Å². The van der Waals surface area contributed by atoms with Crippen LogP contribution in [0.2, 0.25) is 0 Å². The first kappa shape index (κ1) is 20.3. The van der Waals surface area contributed by atoms with Gasteiger partial charge in [0.2, 0.25) is 5.91 Å². The molecule has 0 saturated carbocycles. The SMILES string of the molecule is O=C(CCc1nnc2ccc(NCc3ccc(F)cc3)nn12)Nc1ccc(F)cc1F. The molecule has 0 saturated heterocycles. The number of amides is 1. The molecule has 2 heterocycles. The Morgan fingerprint density at radius 2 is 1.71 bits per heavy atom. The molecule has 0 aliphatic heterocycles. The van der Waals surface area contributed by atoms with Crippen molar-refractivity contribution in [1.82, 2.24) is 19.8 Å². The van der Waals surface area contributed by atoms with E-state index in [0.29, 0.717) is 29.9 Å². The maximum absolute atomic E-state index is 13.7. The first-order valence-electron chi connectivity index (χ1n) is 9.42. The van der Waals surface area contributed by atoms with Crippen LogP contribution in [0.1, 0.15) is 17.8 Å². The topological polar surface area (TPSA) is 84.2 Å². The number of benzene rings is 2. The molecule has 1 amide bonds. The molecule has 158 valence electrons. The predicted octanol–water partition coefficient (Wildman–Crippen LogP) is 3.73. The van der Waals surface area contributed by atoms with Crippen molar-refractivity contribution in [1.29, 1.82) is 0 Å². The molecule has 0 spiro atoms. The van der Waals surface area contributed by atoms with Gasteiger partial charge in [-0.05, 0) is 42.0 Å². The Morgan fingerprint density at radius 1 is 0.935 bits per heavy atom. The van der Waals surface area contributed by atoms with Crippen molar-refractivity contribution in [2.75, 3.05) is 10.6 Å². The molecule has 2 aromatic carbocycles. The number of halogens is 3. The van der Waals surface area contributed by atoms with E-state index in [0.717, 1.165) is 17.7 Å². The third kappa shape index (κ3) is 4.97. The lowest BCUT2D eigenvalue weighted by atomic mass is 10.2. The Balaban J connectivity index is 1.40. The van der Waals surface area contributed by atoms with Crippen molar-refractivity contribution in [2.45, 2.75) is 19.4 Å². The Hall–Kier alpha value is -3.95. The maximum Gasteiger partial charge on any atom is 0.224 e. The fourth-order valence-corrected chi connectivity index (χ4v) is 2.91. The largest absolute Gasteiger partial charge is 0.365 e. The minimum atomic E-state index is -0.847. The lowest BCUT2D eigenvalue weighted by Gasteiger charge is -2.07. The third-order valence-corrected chi connectivity index (χ3v) is 4.50. The summed E-state index contributed by atoms with van der Waals surface area (Å²) in [5, 5.41) is 18.0. The van der Waals surface area contributed by atoms with Crippen LogP contribution >= 0.6 is 0 Å². The highest BCUT2D eigenvalue weighted by Gasteiger charge is 2.12. The van der Waals surface area contributed by atoms with Crippen molar-refractivity contribution in [2.24, 2.45) is 0 Å². The molecule has 0 unspecified atom stereocenters. The van der Waals surface area contributed by atoms with Crippen LogP contribution in [-0.2, 0) is 17.8 Å². The van der Waals surface area contributed by atoms with Gasteiger partial charge in [0.15, 0.2) is 11.5 Å². The molecule has 0 bridgehead atoms. The Morgan fingerprint density at radius 3 is 2.48 bits per heavy atom. The normalized spacial score (nSPS) is 10.9. The average molecular weight is 426 g/mol. The molecule has 2 aromatic heterocycles. The zero-order chi connectivity index (χ0) is 21.8. The number of anilines is 2. The molecule has 0 atom stereocenters. The summed E-state index contributed by atoms with van der Waals surface area (Å²) < 4.78 is 41.2. The number of hydrogen-bond donors (Lipinski definition) is 2. The number of nitrogens with one attached hydrogen (secondary N) is 2. The molecule has 10 heteroatoms. The highest BCUT2D eigenvalue weighted by atomic mass is 19.1. The number of nitrogens with zero attached hydrogens (tertiary/aromatic N) is 4. The van der Waals surface area contributed by atoms with Gasteiger partial charge in [0.05, 0.1) is 5.69 Å². The van der Waals surface area contributed by atoms with Gasteiger partial charge in [-0.15, -0.1) is 15.3 Å². The van der Waals surface area contributed by atoms with Crippen molar-refractivity contribution in [3.63, 3.8) is 0 Å². The first-order valence-corrected chi connectivity index (χ1v) is 9.42. The molecule has 4 aromatic rings. The van der Waals surface area contributed by atoms with Crippen LogP contribution < -0.4 is 10.6 Å². The molecule has 2 N–H and O–H groups in total. The predicted molar refractivity (Wildman–Crippen MR) is 108 cm³/mol. The summed E-state index contributed by atoms with van der Waals surface area (Å²) in [7, 11) is 0. The van der Waals surface area contributed by atoms with E-state index < -0.39 is 17.5 Å². The second-order valence-electron chi connectivity index (χ2n) is 6.76. The standard InChI is InChI=1S/C21H17F3N6O/c22-14-3-1-13(2-4-14)12-25-18-7-8-19-27-28-20(30(19)29-18)9-10-21(31)26-17-6-5-15(23)11-16(17)24/h1-8,11H,9-10,12H2,(H,25,29)(H,26,31). The molecule has 0 aliphatic carbocycles. The molecular formula is C21H17F3N6O. The smallest absolute Gasteiger partial charge is 0.224 e. The summed E-state index contributed by atoms with van der Waals surface area (Å²) >= 11 is 0. The lowest BCUT2D eigenvalue weighted by Crippen LogP contribution is -2.14. The molecule has 7 nitrogen and oxygen atoms in total. The molecule has 0 radical (unpaired) electrons. The van der Waals surface area contributed by atoms with Crippen molar-refractivity contribution in [3.05, 3.63) is 83.4 Å². The second kappa shape index (κ2) is 8.82. The molecular weight excluding hydrogens is 409 g/mol. The zero-order valence-electron chi connectivity index (χ0n) is 16.1. The average Bonchev–Trinajstić information content (AvgIpc) is 3.16. The highest BCUT2D eigenvalue weighted by molar-refractivity contribution is 5.90. The summed E-state index contributed by atoms with van der Waals surface area (Å²) in [5.41, 5.74) is 1.30. The number of hydrogen-bond acceptors (Lipinski definition) is 5. The van der Waals surface area contributed by atoms with Crippen LogP contribution in [0, 0.1) is 17.5 Å². The highest BCUT2D eigenvalue weighted by Crippen LogP contribution is 2.16. The van der Waals surface area contributed by atoms with Crippen molar-refractivity contribution in [3.8, 4) is 0 Å². The third-order valence-electron chi connectivity index (χ3n) is 4.50. The van der Waals surface area contributed by atoms with Crippen LogP contribution in [-0.4, -0.2) is 25.7 Å². The summed E-state index contributed by atoms with van der Waals surface area (Å²) in [6, 6.07) is 12.5. The Bertz CT molecular complexity index is 1230. The van der Waals surface area contributed by atoms with Gasteiger partial charge in [0, 0.05) is 25.5 Å². The molecule has 0 fully saturated rings. The van der Waals surface area contributed by atoms with Crippen LogP contribution in [0.4, 0.5) is 24.7 Å². The lowest BCUT2D eigenvalue weighted by molar-refractivity contribution is -0.116. The number of fused-ring (bicyclic) bond motifs is 1. The number of aryl methyl sites for hydroxylation is 1. The fourth-order valence-electron chi connectivity index (χ4n) is 2.91. The summed E-state index contributed by atoms with van der Waals surface area (Å²) in [5.74, 6) is -1.32. The number of carbonyl (C=O) groups excluding carboxylic acids is 1. The van der Waals surface area contributed by atoms with Crippen molar-refractivity contribution >= 4 is 23.1 Å². The monoisotopic (exact) mass is 426 g/mol. The van der Waals surface area contributed by atoms with E-state index >= 15 is 0 Å². The number of aromatic nitrogens is 4. The van der Waals surface area contributed by atoms with E-state index in [9.17, 15) is 18.0 Å². The number of carbonyl (C=O) groups is 1. The van der Waals surface area contributed by atoms with Gasteiger partial charge in [0.25, 0.3) is 0 Å². The summed E-state index contributed by atoms with van der Waals surface area (Å²) in [4.78, 5) is 12.1. The van der Waals surface area contributed by atoms with Gasteiger partial charge < -0.3 is 10.6 Å². The maximum atomic E-state index is 13.7. The Labute approximate surface area is 174 Å². The van der Waals surface area contributed by atoms with E-state index in [4.69, 9.17) is 0 Å². The minimum absolute atomic E-state index is 0.00647. The number of rotatable bonds is 7.